The molecule has 1 aromatic heterocycles. The molecular formula is C17H18N2O4S. The first kappa shape index (κ1) is 16.4. The van der Waals surface area contributed by atoms with Gasteiger partial charge in [-0.1, -0.05) is 25.0 Å². The Labute approximate surface area is 143 Å². The Morgan fingerprint density at radius 3 is 2.83 bits per heavy atom. The van der Waals surface area contributed by atoms with E-state index >= 15 is 0 Å². The lowest BCUT2D eigenvalue weighted by Gasteiger charge is -2.10. The number of hydrogen-bond acceptors (Lipinski definition) is 5. The highest BCUT2D eigenvalue weighted by Gasteiger charge is 2.19. The molecule has 1 fully saturated rings. The zero-order valence-corrected chi connectivity index (χ0v) is 13.9. The summed E-state index contributed by atoms with van der Waals surface area (Å²) in [5.41, 5.74) is 0.765. The van der Waals surface area contributed by atoms with Crippen LogP contribution in [0, 0.1) is 10.1 Å². The molecule has 1 heterocycles. The second-order valence-corrected chi connectivity index (χ2v) is 6.70. The first-order valence-electron chi connectivity index (χ1n) is 7.88. The fourth-order valence-corrected chi connectivity index (χ4v) is 3.59. The number of nitrogens with zero attached hydrogens (tertiary/aromatic N) is 1. The summed E-state index contributed by atoms with van der Waals surface area (Å²) < 4.78 is 5.54. The molecule has 1 aliphatic carbocycles. The summed E-state index contributed by atoms with van der Waals surface area (Å²) in [7, 11) is 0. The molecule has 2 aromatic rings. The van der Waals surface area contributed by atoms with Crippen molar-refractivity contribution >= 4 is 22.9 Å². The topological polar surface area (TPSA) is 81.5 Å². The minimum Gasteiger partial charge on any atom is -0.482 e. The van der Waals surface area contributed by atoms with Crippen LogP contribution in [0.15, 0.2) is 35.7 Å². The van der Waals surface area contributed by atoms with Crippen LogP contribution >= 0.6 is 11.3 Å². The summed E-state index contributed by atoms with van der Waals surface area (Å²) >= 11 is 1.36. The first-order valence-corrected chi connectivity index (χ1v) is 8.76. The van der Waals surface area contributed by atoms with Gasteiger partial charge in [-0.3, -0.25) is 14.9 Å². The number of carbonyl (C=O) groups is 1. The number of benzene rings is 1. The minimum absolute atomic E-state index is 0.0520. The van der Waals surface area contributed by atoms with Crippen molar-refractivity contribution < 1.29 is 14.5 Å². The Morgan fingerprint density at radius 2 is 2.08 bits per heavy atom. The zero-order valence-electron chi connectivity index (χ0n) is 13.1. The molecular weight excluding hydrogens is 328 g/mol. The van der Waals surface area contributed by atoms with Gasteiger partial charge in [0.2, 0.25) is 0 Å². The number of carbonyl (C=O) groups excluding carboxylic acids is 1. The maximum absolute atomic E-state index is 12.2. The van der Waals surface area contributed by atoms with Gasteiger partial charge >= 0.3 is 5.69 Å². The maximum atomic E-state index is 12.2. The third-order valence-corrected chi connectivity index (χ3v) is 5.00. The van der Waals surface area contributed by atoms with Gasteiger partial charge in [0, 0.05) is 17.7 Å². The van der Waals surface area contributed by atoms with Crippen LogP contribution in [0.2, 0.25) is 0 Å². The number of nitro groups is 1. The fourth-order valence-electron chi connectivity index (χ4n) is 2.79. The third kappa shape index (κ3) is 3.91. The second kappa shape index (κ2) is 7.44. The van der Waals surface area contributed by atoms with Crippen molar-refractivity contribution in [2.45, 2.75) is 38.3 Å². The monoisotopic (exact) mass is 346 g/mol. The van der Waals surface area contributed by atoms with E-state index in [0.717, 1.165) is 18.4 Å². The van der Waals surface area contributed by atoms with Gasteiger partial charge in [0.15, 0.2) is 5.75 Å². The lowest BCUT2D eigenvalue weighted by molar-refractivity contribution is -0.385. The van der Waals surface area contributed by atoms with Crippen molar-refractivity contribution in [3.05, 3.63) is 56.3 Å². The lowest BCUT2D eigenvalue weighted by atomic mass is 10.2. The largest absolute Gasteiger partial charge is 0.482 e. The molecule has 0 atom stereocenters. The van der Waals surface area contributed by atoms with E-state index in [1.807, 2.05) is 5.38 Å². The highest BCUT2D eigenvalue weighted by Crippen LogP contribution is 2.27. The van der Waals surface area contributed by atoms with E-state index in [1.54, 1.807) is 24.3 Å². The Balaban J connectivity index is 1.60. The number of thiophene rings is 1. The minimum atomic E-state index is -0.469. The van der Waals surface area contributed by atoms with Gasteiger partial charge in [0.25, 0.3) is 5.91 Å². The van der Waals surface area contributed by atoms with Crippen LogP contribution in [0.4, 0.5) is 5.69 Å². The second-order valence-electron chi connectivity index (χ2n) is 5.79. The van der Waals surface area contributed by atoms with E-state index in [-0.39, 0.29) is 30.0 Å². The van der Waals surface area contributed by atoms with Gasteiger partial charge in [-0.2, -0.15) is 0 Å². The molecule has 1 saturated carbocycles. The molecule has 1 N–H and O–H groups in total. The van der Waals surface area contributed by atoms with E-state index in [0.29, 0.717) is 4.88 Å². The molecule has 0 saturated heterocycles. The average molecular weight is 346 g/mol. The summed E-state index contributed by atoms with van der Waals surface area (Å²) in [6.07, 6.45) is 4.43. The van der Waals surface area contributed by atoms with E-state index in [4.69, 9.17) is 4.74 Å². The maximum Gasteiger partial charge on any atom is 0.310 e. The first-order chi connectivity index (χ1) is 11.6. The molecule has 1 amide bonds. The van der Waals surface area contributed by atoms with Crippen LogP contribution in [0.1, 0.15) is 40.9 Å². The van der Waals surface area contributed by atoms with Gasteiger partial charge in [-0.05, 0) is 30.4 Å². The van der Waals surface area contributed by atoms with E-state index < -0.39 is 4.92 Å². The number of amides is 1. The van der Waals surface area contributed by atoms with Gasteiger partial charge < -0.3 is 10.1 Å². The predicted molar refractivity (Wildman–Crippen MR) is 91.5 cm³/mol. The number of nitrogens with one attached hydrogen (secondary N) is 1. The number of hydrogen-bond donors (Lipinski definition) is 1. The van der Waals surface area contributed by atoms with Crippen molar-refractivity contribution in [2.24, 2.45) is 0 Å². The summed E-state index contributed by atoms with van der Waals surface area (Å²) in [5.74, 6) is 0.175. The van der Waals surface area contributed by atoms with E-state index in [1.165, 1.54) is 30.2 Å². The molecule has 0 radical (unpaired) electrons. The highest BCUT2D eigenvalue weighted by atomic mass is 32.1. The van der Waals surface area contributed by atoms with Gasteiger partial charge in [-0.25, -0.2) is 0 Å². The van der Waals surface area contributed by atoms with E-state index in [2.05, 4.69) is 5.32 Å². The van der Waals surface area contributed by atoms with Crippen LogP contribution in [-0.2, 0) is 6.61 Å². The number of para-hydroxylation sites is 2. The fraction of sp³-hybridized carbons (Fsp3) is 0.353. The SMILES string of the molecule is O=C(NC1CCCC1)c1cc(COc2ccccc2[N+](=O)[O-])cs1. The Kier molecular flexibility index (Phi) is 5.10. The van der Waals surface area contributed by atoms with Crippen molar-refractivity contribution in [3.8, 4) is 5.75 Å². The molecule has 1 aliphatic rings. The standard InChI is InChI=1S/C17H18N2O4S/c20-17(18-13-5-1-2-6-13)16-9-12(11-24-16)10-23-15-8-4-3-7-14(15)19(21)22/h3-4,7-9,11,13H,1-2,5-6,10H2,(H,18,20). The van der Waals surface area contributed by atoms with E-state index in [9.17, 15) is 14.9 Å². The van der Waals surface area contributed by atoms with Crippen LogP contribution in [0.5, 0.6) is 5.75 Å². The van der Waals surface area contributed by atoms with Crippen molar-refractivity contribution in [3.63, 3.8) is 0 Å². The van der Waals surface area contributed by atoms with Crippen molar-refractivity contribution in [1.82, 2.24) is 5.32 Å². The quantitative estimate of drug-likeness (QED) is 0.635. The third-order valence-electron chi connectivity index (χ3n) is 4.02. The van der Waals surface area contributed by atoms with Crippen LogP contribution < -0.4 is 10.1 Å². The van der Waals surface area contributed by atoms with Crippen molar-refractivity contribution in [1.29, 1.82) is 0 Å². The molecule has 0 unspecified atom stereocenters. The average Bonchev–Trinajstić information content (AvgIpc) is 3.24. The summed E-state index contributed by atoms with van der Waals surface area (Å²) in [6.45, 7) is 0.193. The molecule has 7 heteroatoms. The Bertz CT molecular complexity index is 738. The molecule has 0 bridgehead atoms. The summed E-state index contributed by atoms with van der Waals surface area (Å²) in [6, 6.07) is 8.33. The van der Waals surface area contributed by atoms with Gasteiger partial charge in [0.1, 0.15) is 6.61 Å². The van der Waals surface area contributed by atoms with Crippen LogP contribution in [-0.4, -0.2) is 16.9 Å². The highest BCUT2D eigenvalue weighted by molar-refractivity contribution is 7.12. The van der Waals surface area contributed by atoms with Gasteiger partial charge in [0.05, 0.1) is 9.80 Å². The molecule has 6 nitrogen and oxygen atoms in total. The van der Waals surface area contributed by atoms with Crippen LogP contribution in [0.3, 0.4) is 0 Å². The molecule has 126 valence electrons. The molecule has 0 spiro atoms. The predicted octanol–water partition coefficient (Wildman–Crippen LogP) is 3.91. The summed E-state index contributed by atoms with van der Waals surface area (Å²) in [5, 5.41) is 15.9. The molecule has 0 aliphatic heterocycles. The Morgan fingerprint density at radius 1 is 1.33 bits per heavy atom. The number of ether oxygens (including phenoxy) is 1. The van der Waals surface area contributed by atoms with Crippen molar-refractivity contribution in [2.75, 3.05) is 0 Å². The van der Waals surface area contributed by atoms with Crippen LogP contribution in [0.25, 0.3) is 0 Å². The summed E-state index contributed by atoms with van der Waals surface area (Å²) in [4.78, 5) is 23.3. The molecule has 1 aromatic carbocycles. The van der Waals surface area contributed by atoms with Gasteiger partial charge in [-0.15, -0.1) is 11.3 Å². The normalized spacial score (nSPS) is 14.5. The number of rotatable bonds is 6. The molecule has 24 heavy (non-hydrogen) atoms. The number of nitro benzene ring substituents is 1. The lowest BCUT2D eigenvalue weighted by Crippen LogP contribution is -2.31. The Hall–Kier alpha value is -2.41. The zero-order chi connectivity index (χ0) is 16.9. The molecule has 3 rings (SSSR count). The smallest absolute Gasteiger partial charge is 0.310 e.